The van der Waals surface area contributed by atoms with E-state index in [1.807, 2.05) is 0 Å². The van der Waals surface area contributed by atoms with E-state index in [2.05, 4.69) is 34.5 Å². The Kier molecular flexibility index (Phi) is 5.49. The molecule has 1 aliphatic heterocycles. The zero-order chi connectivity index (χ0) is 16.8. The molecule has 4 heteroatoms. The molecule has 0 fully saturated rings. The minimum Gasteiger partial charge on any atom is -0.497 e. The molecule has 2 aromatic rings. The summed E-state index contributed by atoms with van der Waals surface area (Å²) >= 11 is 0. The van der Waals surface area contributed by atoms with Gasteiger partial charge in [-0.15, -0.1) is 0 Å². The van der Waals surface area contributed by atoms with E-state index in [-0.39, 0.29) is 5.91 Å². The SMILES string of the molecule is COc1ccc(C(=O)NCCCN2CCc3ccccc3C2)cc1. The zero-order valence-corrected chi connectivity index (χ0v) is 14.1. The van der Waals surface area contributed by atoms with Gasteiger partial charge in [-0.2, -0.15) is 0 Å². The number of hydrogen-bond acceptors (Lipinski definition) is 3. The van der Waals surface area contributed by atoms with Crippen molar-refractivity contribution in [2.75, 3.05) is 26.7 Å². The van der Waals surface area contributed by atoms with Gasteiger partial charge in [-0.1, -0.05) is 24.3 Å². The van der Waals surface area contributed by atoms with Crippen LogP contribution in [0.3, 0.4) is 0 Å². The van der Waals surface area contributed by atoms with Crippen LogP contribution in [0.4, 0.5) is 0 Å². The highest BCUT2D eigenvalue weighted by molar-refractivity contribution is 5.94. The van der Waals surface area contributed by atoms with Gasteiger partial charge in [0.1, 0.15) is 5.75 Å². The monoisotopic (exact) mass is 324 g/mol. The highest BCUT2D eigenvalue weighted by atomic mass is 16.5. The molecule has 1 N–H and O–H groups in total. The Balaban J connectivity index is 1.40. The second kappa shape index (κ2) is 7.97. The summed E-state index contributed by atoms with van der Waals surface area (Å²) in [6, 6.07) is 15.8. The van der Waals surface area contributed by atoms with Crippen LogP contribution >= 0.6 is 0 Å². The Labute approximate surface area is 143 Å². The highest BCUT2D eigenvalue weighted by Crippen LogP contribution is 2.18. The van der Waals surface area contributed by atoms with Gasteiger partial charge >= 0.3 is 0 Å². The van der Waals surface area contributed by atoms with Crippen molar-refractivity contribution >= 4 is 5.91 Å². The van der Waals surface area contributed by atoms with Crippen LogP contribution in [0.25, 0.3) is 0 Å². The van der Waals surface area contributed by atoms with E-state index < -0.39 is 0 Å². The predicted molar refractivity (Wildman–Crippen MR) is 95.4 cm³/mol. The molecule has 0 bridgehead atoms. The molecule has 3 rings (SSSR count). The Hall–Kier alpha value is -2.33. The number of nitrogens with one attached hydrogen (secondary N) is 1. The van der Waals surface area contributed by atoms with Crippen LogP contribution in [0.2, 0.25) is 0 Å². The first kappa shape index (κ1) is 16.5. The average Bonchev–Trinajstić information content (AvgIpc) is 2.65. The van der Waals surface area contributed by atoms with E-state index in [1.165, 1.54) is 11.1 Å². The molecule has 2 aromatic carbocycles. The topological polar surface area (TPSA) is 41.6 Å². The predicted octanol–water partition coefficient (Wildman–Crippen LogP) is 2.87. The summed E-state index contributed by atoms with van der Waals surface area (Å²) in [6.45, 7) is 3.83. The molecular formula is C20H24N2O2. The minimum atomic E-state index is -0.0263. The standard InChI is InChI=1S/C20H24N2O2/c1-24-19-9-7-17(8-10-19)20(23)21-12-4-13-22-14-11-16-5-2-3-6-18(16)15-22/h2-3,5-10H,4,11-15H2,1H3,(H,21,23). The molecule has 126 valence electrons. The number of ether oxygens (including phenoxy) is 1. The van der Waals surface area contributed by atoms with E-state index >= 15 is 0 Å². The van der Waals surface area contributed by atoms with Gasteiger partial charge in [0.05, 0.1) is 7.11 Å². The van der Waals surface area contributed by atoms with Crippen molar-refractivity contribution < 1.29 is 9.53 Å². The number of rotatable bonds is 6. The second-order valence-corrected chi connectivity index (χ2v) is 6.13. The van der Waals surface area contributed by atoms with Gasteiger partial charge in [0.2, 0.25) is 0 Å². The summed E-state index contributed by atoms with van der Waals surface area (Å²) < 4.78 is 5.10. The second-order valence-electron chi connectivity index (χ2n) is 6.13. The van der Waals surface area contributed by atoms with Gasteiger partial charge in [0.25, 0.3) is 5.91 Å². The number of carbonyl (C=O) groups is 1. The third-order valence-corrected chi connectivity index (χ3v) is 4.50. The Morgan fingerprint density at radius 1 is 1.12 bits per heavy atom. The van der Waals surface area contributed by atoms with E-state index in [9.17, 15) is 4.79 Å². The van der Waals surface area contributed by atoms with Crippen LogP contribution < -0.4 is 10.1 Å². The van der Waals surface area contributed by atoms with Gasteiger partial charge in [-0.3, -0.25) is 9.69 Å². The number of amides is 1. The molecule has 1 heterocycles. The first-order valence-electron chi connectivity index (χ1n) is 8.47. The van der Waals surface area contributed by atoms with Crippen molar-refractivity contribution in [2.45, 2.75) is 19.4 Å². The fourth-order valence-electron chi connectivity index (χ4n) is 3.09. The average molecular weight is 324 g/mol. The minimum absolute atomic E-state index is 0.0263. The first-order valence-corrected chi connectivity index (χ1v) is 8.47. The molecule has 0 atom stereocenters. The fraction of sp³-hybridized carbons (Fsp3) is 0.350. The van der Waals surface area contributed by atoms with Crippen molar-refractivity contribution in [3.63, 3.8) is 0 Å². The van der Waals surface area contributed by atoms with Crippen LogP contribution in [0.1, 0.15) is 27.9 Å². The third kappa shape index (κ3) is 4.15. The summed E-state index contributed by atoms with van der Waals surface area (Å²) in [6.07, 6.45) is 2.08. The lowest BCUT2D eigenvalue weighted by Crippen LogP contribution is -2.33. The molecule has 24 heavy (non-hydrogen) atoms. The van der Waals surface area contributed by atoms with Crippen molar-refractivity contribution in [1.82, 2.24) is 10.2 Å². The molecule has 0 aromatic heterocycles. The maximum atomic E-state index is 12.1. The first-order chi connectivity index (χ1) is 11.8. The van der Waals surface area contributed by atoms with Crippen molar-refractivity contribution in [3.8, 4) is 5.75 Å². The number of nitrogens with zero attached hydrogens (tertiary/aromatic N) is 1. The molecule has 0 unspecified atom stereocenters. The normalized spacial score (nSPS) is 14.0. The lowest BCUT2D eigenvalue weighted by Gasteiger charge is -2.28. The Bertz CT molecular complexity index is 682. The Morgan fingerprint density at radius 3 is 2.62 bits per heavy atom. The molecule has 1 aliphatic rings. The number of hydrogen-bond donors (Lipinski definition) is 1. The zero-order valence-electron chi connectivity index (χ0n) is 14.1. The summed E-state index contributed by atoms with van der Waals surface area (Å²) in [5, 5.41) is 2.99. The van der Waals surface area contributed by atoms with Gasteiger partial charge < -0.3 is 10.1 Å². The number of carbonyl (C=O) groups excluding carboxylic acids is 1. The van der Waals surface area contributed by atoms with E-state index in [0.29, 0.717) is 12.1 Å². The lowest BCUT2D eigenvalue weighted by molar-refractivity contribution is 0.0951. The third-order valence-electron chi connectivity index (χ3n) is 4.50. The maximum Gasteiger partial charge on any atom is 0.251 e. The summed E-state index contributed by atoms with van der Waals surface area (Å²) in [5.41, 5.74) is 3.58. The van der Waals surface area contributed by atoms with Crippen LogP contribution in [0.5, 0.6) is 5.75 Å². The van der Waals surface area contributed by atoms with Gasteiger partial charge in [0.15, 0.2) is 0 Å². The Morgan fingerprint density at radius 2 is 1.88 bits per heavy atom. The maximum absolute atomic E-state index is 12.1. The summed E-state index contributed by atoms with van der Waals surface area (Å²) in [4.78, 5) is 14.6. The van der Waals surface area contributed by atoms with Crippen LogP contribution in [0.15, 0.2) is 48.5 Å². The van der Waals surface area contributed by atoms with E-state index in [4.69, 9.17) is 4.74 Å². The largest absolute Gasteiger partial charge is 0.497 e. The molecular weight excluding hydrogens is 300 g/mol. The van der Waals surface area contributed by atoms with E-state index in [0.717, 1.165) is 38.2 Å². The quantitative estimate of drug-likeness (QED) is 0.831. The fourth-order valence-corrected chi connectivity index (χ4v) is 3.09. The van der Waals surface area contributed by atoms with Crippen molar-refractivity contribution in [3.05, 3.63) is 65.2 Å². The molecule has 1 amide bonds. The molecule has 4 nitrogen and oxygen atoms in total. The smallest absolute Gasteiger partial charge is 0.251 e. The van der Waals surface area contributed by atoms with Gasteiger partial charge in [0, 0.05) is 31.7 Å². The lowest BCUT2D eigenvalue weighted by atomic mass is 10.00. The molecule has 0 saturated carbocycles. The molecule has 0 saturated heterocycles. The van der Waals surface area contributed by atoms with E-state index in [1.54, 1.807) is 31.4 Å². The molecule has 0 aliphatic carbocycles. The van der Waals surface area contributed by atoms with Crippen LogP contribution in [-0.4, -0.2) is 37.6 Å². The number of fused-ring (bicyclic) bond motifs is 1. The number of benzene rings is 2. The molecule has 0 radical (unpaired) electrons. The van der Waals surface area contributed by atoms with Crippen molar-refractivity contribution in [1.29, 1.82) is 0 Å². The summed E-state index contributed by atoms with van der Waals surface area (Å²) in [5.74, 6) is 0.735. The van der Waals surface area contributed by atoms with Crippen LogP contribution in [-0.2, 0) is 13.0 Å². The highest BCUT2D eigenvalue weighted by Gasteiger charge is 2.15. The van der Waals surface area contributed by atoms with Crippen LogP contribution in [0, 0.1) is 0 Å². The van der Waals surface area contributed by atoms with Gasteiger partial charge in [-0.25, -0.2) is 0 Å². The number of methoxy groups -OCH3 is 1. The summed E-state index contributed by atoms with van der Waals surface area (Å²) in [7, 11) is 1.62. The van der Waals surface area contributed by atoms with Gasteiger partial charge in [-0.05, 0) is 48.2 Å². The molecule has 0 spiro atoms. The van der Waals surface area contributed by atoms with Crippen molar-refractivity contribution in [2.24, 2.45) is 0 Å².